The smallest absolute Gasteiger partial charge is 0.377 e. The lowest BCUT2D eigenvalue weighted by molar-refractivity contribution is -0.179. The van der Waals surface area contributed by atoms with Gasteiger partial charge in [0.1, 0.15) is 13.2 Å². The van der Waals surface area contributed by atoms with Gasteiger partial charge in [-0.05, 0) is 0 Å². The van der Waals surface area contributed by atoms with Crippen LogP contribution in [0.3, 0.4) is 0 Å². The molecule has 0 bridgehead atoms. The molecule has 4 nitrogen and oxygen atoms in total. The third-order valence-electron chi connectivity index (χ3n) is 1.44. The van der Waals surface area contributed by atoms with Gasteiger partial charge in [-0.15, -0.1) is 0 Å². The molecule has 0 saturated heterocycles. The molecule has 0 aliphatic carbocycles. The Morgan fingerprint density at radius 2 is 1.76 bits per heavy atom. The number of alkyl halides is 4. The zero-order valence-corrected chi connectivity index (χ0v) is 8.63. The number of hydrogen-bond donors (Lipinski definition) is 0. The van der Waals surface area contributed by atoms with Gasteiger partial charge in [0.25, 0.3) is 0 Å². The summed E-state index contributed by atoms with van der Waals surface area (Å²) in [7, 11) is 0. The second kappa shape index (κ2) is 6.87. The van der Waals surface area contributed by atoms with Gasteiger partial charge in [0.15, 0.2) is 0 Å². The Kier molecular flexibility index (Phi) is 6.22. The van der Waals surface area contributed by atoms with Crippen LogP contribution in [0.15, 0.2) is 12.7 Å². The van der Waals surface area contributed by atoms with Gasteiger partial charge < -0.3 is 9.47 Å². The molecule has 0 radical (unpaired) electrons. The third kappa shape index (κ3) is 6.54. The molecule has 0 aliphatic rings. The monoisotopic (exact) mass is 258 g/mol. The minimum Gasteiger partial charge on any atom is -0.459 e. The van der Waals surface area contributed by atoms with E-state index in [9.17, 15) is 27.2 Å². The van der Waals surface area contributed by atoms with Crippen LogP contribution in [0.4, 0.5) is 17.6 Å². The average molecular weight is 258 g/mol. The molecule has 0 N–H and O–H groups in total. The van der Waals surface area contributed by atoms with Crippen LogP contribution >= 0.6 is 0 Å². The molecular formula is C9H10F4O4. The SMILES string of the molecule is C=CC(=O)OCCOC(=O)C(F)(F)CC(F)F. The van der Waals surface area contributed by atoms with Gasteiger partial charge in [-0.2, -0.15) is 8.78 Å². The molecule has 0 unspecified atom stereocenters. The first kappa shape index (κ1) is 15.4. The number of halogens is 4. The maximum Gasteiger partial charge on any atom is 0.377 e. The number of carbonyl (C=O) groups is 2. The molecule has 17 heavy (non-hydrogen) atoms. The molecule has 98 valence electrons. The average Bonchev–Trinajstić information content (AvgIpc) is 2.21. The van der Waals surface area contributed by atoms with Crippen LogP contribution in [0.2, 0.25) is 0 Å². The molecule has 0 amide bonds. The molecule has 0 heterocycles. The molecule has 0 spiro atoms. The number of rotatable bonds is 7. The maximum atomic E-state index is 12.6. The second-order valence-corrected chi connectivity index (χ2v) is 2.81. The highest BCUT2D eigenvalue weighted by molar-refractivity contribution is 5.81. The summed E-state index contributed by atoms with van der Waals surface area (Å²) in [5, 5.41) is 0. The maximum absolute atomic E-state index is 12.6. The Morgan fingerprint density at radius 3 is 2.24 bits per heavy atom. The van der Waals surface area contributed by atoms with Gasteiger partial charge in [-0.1, -0.05) is 6.58 Å². The first-order valence-corrected chi connectivity index (χ1v) is 4.42. The van der Waals surface area contributed by atoms with Crippen LogP contribution in [0, 0.1) is 0 Å². The van der Waals surface area contributed by atoms with E-state index in [1.165, 1.54) is 0 Å². The van der Waals surface area contributed by atoms with Crippen molar-refractivity contribution in [2.75, 3.05) is 13.2 Å². The minimum atomic E-state index is -4.25. The largest absolute Gasteiger partial charge is 0.459 e. The van der Waals surface area contributed by atoms with Gasteiger partial charge >= 0.3 is 17.9 Å². The predicted octanol–water partition coefficient (Wildman–Crippen LogP) is 1.55. The van der Waals surface area contributed by atoms with Gasteiger partial charge in [0.2, 0.25) is 6.43 Å². The highest BCUT2D eigenvalue weighted by atomic mass is 19.3. The number of hydrogen-bond acceptors (Lipinski definition) is 4. The van der Waals surface area contributed by atoms with E-state index in [0.29, 0.717) is 0 Å². The Hall–Kier alpha value is -1.60. The van der Waals surface area contributed by atoms with Crippen molar-refractivity contribution in [3.05, 3.63) is 12.7 Å². The molecule has 0 atom stereocenters. The van der Waals surface area contributed by atoms with E-state index in [4.69, 9.17) is 0 Å². The summed E-state index contributed by atoms with van der Waals surface area (Å²) in [5.41, 5.74) is 0. The lowest BCUT2D eigenvalue weighted by Crippen LogP contribution is -2.33. The summed E-state index contributed by atoms with van der Waals surface area (Å²) < 4.78 is 56.9. The Bertz CT molecular complexity index is 291. The summed E-state index contributed by atoms with van der Waals surface area (Å²) in [4.78, 5) is 21.1. The second-order valence-electron chi connectivity index (χ2n) is 2.81. The summed E-state index contributed by atoms with van der Waals surface area (Å²) >= 11 is 0. The molecule has 0 aliphatic heterocycles. The number of carbonyl (C=O) groups excluding carboxylic acids is 2. The van der Waals surface area contributed by atoms with Crippen molar-refractivity contribution >= 4 is 11.9 Å². The van der Waals surface area contributed by atoms with Crippen molar-refractivity contribution in [3.8, 4) is 0 Å². The highest BCUT2D eigenvalue weighted by Crippen LogP contribution is 2.24. The quantitative estimate of drug-likeness (QED) is 0.301. The van der Waals surface area contributed by atoms with Gasteiger partial charge in [-0.25, -0.2) is 18.4 Å². The van der Waals surface area contributed by atoms with Crippen molar-refractivity contribution < 1.29 is 36.6 Å². The number of esters is 2. The van der Waals surface area contributed by atoms with E-state index in [-0.39, 0.29) is 0 Å². The van der Waals surface area contributed by atoms with E-state index in [1.807, 2.05) is 0 Å². The summed E-state index contributed by atoms with van der Waals surface area (Å²) in [5.74, 6) is -7.15. The Labute approximate surface area is 94.2 Å². The fourth-order valence-electron chi connectivity index (χ4n) is 0.718. The van der Waals surface area contributed by atoms with Gasteiger partial charge in [-0.3, -0.25) is 0 Å². The molecule has 8 heteroatoms. The van der Waals surface area contributed by atoms with Crippen LogP contribution in [0.25, 0.3) is 0 Å². The summed E-state index contributed by atoms with van der Waals surface area (Å²) in [6.07, 6.45) is -4.40. The van der Waals surface area contributed by atoms with Gasteiger partial charge in [0, 0.05) is 6.08 Å². The van der Waals surface area contributed by atoms with E-state index in [0.717, 1.165) is 6.08 Å². The first-order chi connectivity index (χ1) is 7.79. The van der Waals surface area contributed by atoms with Gasteiger partial charge in [0.05, 0.1) is 6.42 Å². The lowest BCUT2D eigenvalue weighted by atomic mass is 10.2. The standard InChI is InChI=1S/C9H10F4O4/c1-2-7(14)16-3-4-17-8(15)9(12,13)5-6(10)11/h2,6H,1,3-5H2. The lowest BCUT2D eigenvalue weighted by Gasteiger charge is -2.14. The van der Waals surface area contributed by atoms with Crippen molar-refractivity contribution in [2.45, 2.75) is 18.8 Å². The molecular weight excluding hydrogens is 248 g/mol. The normalized spacial score (nSPS) is 11.1. The number of ether oxygens (including phenoxy) is 2. The van der Waals surface area contributed by atoms with Crippen molar-refractivity contribution in [2.24, 2.45) is 0 Å². The Morgan fingerprint density at radius 1 is 1.24 bits per heavy atom. The van der Waals surface area contributed by atoms with Crippen molar-refractivity contribution in [1.82, 2.24) is 0 Å². The van der Waals surface area contributed by atoms with E-state index >= 15 is 0 Å². The van der Waals surface area contributed by atoms with Crippen molar-refractivity contribution in [3.63, 3.8) is 0 Å². The zero-order chi connectivity index (χ0) is 13.5. The van der Waals surface area contributed by atoms with Crippen LogP contribution < -0.4 is 0 Å². The van der Waals surface area contributed by atoms with Crippen LogP contribution in [-0.2, 0) is 19.1 Å². The Balaban J connectivity index is 3.93. The predicted molar refractivity (Wildman–Crippen MR) is 47.7 cm³/mol. The van der Waals surface area contributed by atoms with E-state index in [1.54, 1.807) is 0 Å². The highest BCUT2D eigenvalue weighted by Gasteiger charge is 2.43. The van der Waals surface area contributed by atoms with Crippen LogP contribution in [0.5, 0.6) is 0 Å². The van der Waals surface area contributed by atoms with Crippen molar-refractivity contribution in [1.29, 1.82) is 0 Å². The minimum absolute atomic E-state index is 0.457. The molecule has 0 saturated carbocycles. The molecule has 0 fully saturated rings. The third-order valence-corrected chi connectivity index (χ3v) is 1.44. The molecule has 0 aromatic heterocycles. The van der Waals surface area contributed by atoms with E-state index < -0.39 is 43.9 Å². The fraction of sp³-hybridized carbons (Fsp3) is 0.556. The summed E-state index contributed by atoms with van der Waals surface area (Å²) in [6, 6.07) is 0. The summed E-state index contributed by atoms with van der Waals surface area (Å²) in [6.45, 7) is 1.96. The van der Waals surface area contributed by atoms with E-state index in [2.05, 4.69) is 16.1 Å². The molecule has 0 aromatic rings. The molecule has 0 aromatic carbocycles. The first-order valence-electron chi connectivity index (χ1n) is 4.42. The van der Waals surface area contributed by atoms with Crippen LogP contribution in [-0.4, -0.2) is 37.5 Å². The van der Waals surface area contributed by atoms with Crippen LogP contribution in [0.1, 0.15) is 6.42 Å². The zero-order valence-electron chi connectivity index (χ0n) is 8.63. The fourth-order valence-corrected chi connectivity index (χ4v) is 0.718. The molecule has 0 rings (SSSR count). The topological polar surface area (TPSA) is 52.6 Å².